The Labute approximate surface area is 135 Å². The second kappa shape index (κ2) is 6.41. The van der Waals surface area contributed by atoms with Gasteiger partial charge in [-0.3, -0.25) is 10.1 Å². The molecule has 0 aliphatic heterocycles. The molecule has 2 aromatic rings. The van der Waals surface area contributed by atoms with Gasteiger partial charge in [-0.05, 0) is 35.7 Å². The van der Waals surface area contributed by atoms with Gasteiger partial charge in [0.15, 0.2) is 0 Å². The number of benzene rings is 1. The van der Waals surface area contributed by atoms with Crippen LogP contribution in [0.4, 0.5) is 5.69 Å². The van der Waals surface area contributed by atoms with Crippen LogP contribution >= 0.6 is 27.5 Å². The highest BCUT2D eigenvalue weighted by molar-refractivity contribution is 9.10. The van der Waals surface area contributed by atoms with Crippen LogP contribution in [0, 0.1) is 10.1 Å². The summed E-state index contributed by atoms with van der Waals surface area (Å²) in [5.41, 5.74) is 0.692. The van der Waals surface area contributed by atoms with Gasteiger partial charge in [0.05, 0.1) is 4.92 Å². The number of rotatable bonds is 4. The van der Waals surface area contributed by atoms with Gasteiger partial charge < -0.3 is 4.74 Å². The van der Waals surface area contributed by atoms with Gasteiger partial charge >= 0.3 is 11.6 Å². The van der Waals surface area contributed by atoms with E-state index < -0.39 is 4.92 Å². The van der Waals surface area contributed by atoms with Gasteiger partial charge in [-0.2, -0.15) is 4.98 Å². The van der Waals surface area contributed by atoms with E-state index in [1.54, 1.807) is 12.1 Å². The molecule has 0 atom stereocenters. The number of halogens is 2. The lowest BCUT2D eigenvalue weighted by molar-refractivity contribution is -0.386. The van der Waals surface area contributed by atoms with E-state index >= 15 is 0 Å². The molecule has 110 valence electrons. The molecule has 0 amide bonds. The lowest BCUT2D eigenvalue weighted by atomic mass is 10.0. The lowest BCUT2D eigenvalue weighted by Gasteiger charge is -2.13. The number of pyridine rings is 1. The molecule has 0 N–H and O–H groups in total. The highest BCUT2D eigenvalue weighted by Gasteiger charge is 2.20. The first kappa shape index (κ1) is 15.7. The van der Waals surface area contributed by atoms with E-state index in [1.807, 2.05) is 19.9 Å². The molecule has 0 unspecified atom stereocenters. The molecule has 5 nitrogen and oxygen atoms in total. The van der Waals surface area contributed by atoms with E-state index in [2.05, 4.69) is 20.9 Å². The summed E-state index contributed by atoms with van der Waals surface area (Å²) in [7, 11) is 0. The second-order valence-corrected chi connectivity index (χ2v) is 5.96. The van der Waals surface area contributed by atoms with Crippen LogP contribution < -0.4 is 4.74 Å². The molecule has 0 saturated heterocycles. The molecule has 0 fully saturated rings. The van der Waals surface area contributed by atoms with Crippen molar-refractivity contribution in [1.82, 2.24) is 4.98 Å². The fourth-order valence-corrected chi connectivity index (χ4v) is 2.31. The van der Waals surface area contributed by atoms with Crippen LogP contribution in [0.25, 0.3) is 0 Å². The average Bonchev–Trinajstić information content (AvgIpc) is 2.40. The summed E-state index contributed by atoms with van der Waals surface area (Å²) >= 11 is 9.19. The van der Waals surface area contributed by atoms with E-state index in [4.69, 9.17) is 16.3 Å². The molecule has 1 aromatic carbocycles. The zero-order chi connectivity index (χ0) is 15.6. The summed E-state index contributed by atoms with van der Waals surface area (Å²) in [6, 6.07) is 8.09. The quantitative estimate of drug-likeness (QED) is 0.414. The highest BCUT2D eigenvalue weighted by Crippen LogP contribution is 2.36. The first-order chi connectivity index (χ1) is 9.88. The van der Waals surface area contributed by atoms with Crippen LogP contribution in [0.3, 0.4) is 0 Å². The van der Waals surface area contributed by atoms with Gasteiger partial charge in [-0.1, -0.05) is 41.4 Å². The van der Waals surface area contributed by atoms with E-state index in [0.29, 0.717) is 5.75 Å². The molecule has 7 heteroatoms. The van der Waals surface area contributed by atoms with Crippen molar-refractivity contribution in [3.8, 4) is 11.6 Å². The van der Waals surface area contributed by atoms with Crippen molar-refractivity contribution < 1.29 is 9.66 Å². The largest absolute Gasteiger partial charge is 0.433 e. The summed E-state index contributed by atoms with van der Waals surface area (Å²) < 4.78 is 6.55. The number of nitro groups is 1. The van der Waals surface area contributed by atoms with Crippen molar-refractivity contribution >= 4 is 33.2 Å². The van der Waals surface area contributed by atoms with Gasteiger partial charge in [0.25, 0.3) is 0 Å². The molecule has 1 aromatic heterocycles. The summed E-state index contributed by atoms with van der Waals surface area (Å²) in [4.78, 5) is 14.4. The number of nitrogens with zero attached hydrogens (tertiary/aromatic N) is 2. The maximum atomic E-state index is 11.0. The second-order valence-electron chi connectivity index (χ2n) is 4.65. The summed E-state index contributed by atoms with van der Waals surface area (Å²) in [6.45, 7) is 4.02. The Morgan fingerprint density at radius 1 is 1.33 bits per heavy atom. The van der Waals surface area contributed by atoms with Gasteiger partial charge in [-0.25, -0.2) is 0 Å². The number of aromatic nitrogens is 1. The Morgan fingerprint density at radius 3 is 2.67 bits per heavy atom. The first-order valence-electron chi connectivity index (χ1n) is 6.16. The van der Waals surface area contributed by atoms with Crippen molar-refractivity contribution in [2.45, 2.75) is 19.8 Å². The third-order valence-corrected chi connectivity index (χ3v) is 3.51. The molecule has 0 spiro atoms. The van der Waals surface area contributed by atoms with Gasteiger partial charge in [0.1, 0.15) is 10.9 Å². The summed E-state index contributed by atoms with van der Waals surface area (Å²) in [6.07, 6.45) is 0. The number of hydrogen-bond donors (Lipinski definition) is 0. The van der Waals surface area contributed by atoms with Crippen LogP contribution in [0.5, 0.6) is 11.6 Å². The smallest absolute Gasteiger partial charge is 0.331 e. The van der Waals surface area contributed by atoms with Crippen LogP contribution in [-0.2, 0) is 0 Å². The number of ether oxygens (including phenoxy) is 1. The fourth-order valence-electron chi connectivity index (χ4n) is 1.79. The maximum absolute atomic E-state index is 11.0. The predicted molar refractivity (Wildman–Crippen MR) is 84.2 cm³/mol. The average molecular weight is 372 g/mol. The monoisotopic (exact) mass is 370 g/mol. The van der Waals surface area contributed by atoms with E-state index in [-0.39, 0.29) is 22.6 Å². The summed E-state index contributed by atoms with van der Waals surface area (Å²) in [5.74, 6) is 0.596. The molecule has 0 radical (unpaired) electrons. The van der Waals surface area contributed by atoms with Crippen molar-refractivity contribution in [1.29, 1.82) is 0 Å². The predicted octanol–water partition coefficient (Wildman–Crippen LogP) is 5.32. The van der Waals surface area contributed by atoms with E-state index in [1.165, 1.54) is 12.1 Å². The normalized spacial score (nSPS) is 10.7. The Hall–Kier alpha value is -1.66. The molecule has 0 aliphatic rings. The van der Waals surface area contributed by atoms with Crippen molar-refractivity contribution in [3.63, 3.8) is 0 Å². The molecule has 2 rings (SSSR count). The minimum absolute atomic E-state index is 0.114. The first-order valence-corrected chi connectivity index (χ1v) is 7.34. The van der Waals surface area contributed by atoms with Gasteiger partial charge in [-0.15, -0.1) is 0 Å². The van der Waals surface area contributed by atoms with Crippen LogP contribution in [0.1, 0.15) is 25.3 Å². The van der Waals surface area contributed by atoms with Crippen LogP contribution in [0.2, 0.25) is 5.15 Å². The third kappa shape index (κ3) is 3.71. The topological polar surface area (TPSA) is 65.3 Å². The molecule has 1 heterocycles. The van der Waals surface area contributed by atoms with E-state index in [0.717, 1.165) is 10.0 Å². The molecular weight excluding hydrogens is 360 g/mol. The summed E-state index contributed by atoms with van der Waals surface area (Å²) in [5, 5.41) is 11.2. The van der Waals surface area contributed by atoms with E-state index in [9.17, 15) is 10.1 Å². The van der Waals surface area contributed by atoms with Crippen LogP contribution in [0.15, 0.2) is 34.8 Å². The minimum atomic E-state index is -0.549. The van der Waals surface area contributed by atoms with Crippen molar-refractivity contribution in [2.75, 3.05) is 0 Å². The molecule has 0 saturated carbocycles. The standard InChI is InChI=1S/C14H12BrClN2O3/c1-8(2)10-7-9(15)3-5-12(10)21-14-11(18(19)20)4-6-13(16)17-14/h3-8H,1-2H3. The molecular formula is C14H12BrClN2O3. The SMILES string of the molecule is CC(C)c1cc(Br)ccc1Oc1nc(Cl)ccc1[N+](=O)[O-]. The van der Waals surface area contributed by atoms with Crippen molar-refractivity contribution in [2.24, 2.45) is 0 Å². The maximum Gasteiger partial charge on any atom is 0.331 e. The Kier molecular flexibility index (Phi) is 4.80. The lowest BCUT2D eigenvalue weighted by Crippen LogP contribution is -1.99. The van der Waals surface area contributed by atoms with Crippen LogP contribution in [-0.4, -0.2) is 9.91 Å². The zero-order valence-corrected chi connectivity index (χ0v) is 13.7. The molecule has 0 bridgehead atoms. The Balaban J connectivity index is 2.47. The number of hydrogen-bond acceptors (Lipinski definition) is 4. The minimum Gasteiger partial charge on any atom is -0.433 e. The Morgan fingerprint density at radius 2 is 2.05 bits per heavy atom. The van der Waals surface area contributed by atoms with Gasteiger partial charge in [0, 0.05) is 10.5 Å². The Bertz CT molecular complexity index is 692. The van der Waals surface area contributed by atoms with Crippen molar-refractivity contribution in [3.05, 3.63) is 55.6 Å². The third-order valence-electron chi connectivity index (χ3n) is 2.80. The highest BCUT2D eigenvalue weighted by atomic mass is 79.9. The molecule has 0 aliphatic carbocycles. The zero-order valence-electron chi connectivity index (χ0n) is 11.3. The fraction of sp³-hybridized carbons (Fsp3) is 0.214. The molecule has 21 heavy (non-hydrogen) atoms. The van der Waals surface area contributed by atoms with Gasteiger partial charge in [0.2, 0.25) is 0 Å².